The summed E-state index contributed by atoms with van der Waals surface area (Å²) in [5, 5.41) is 0. The summed E-state index contributed by atoms with van der Waals surface area (Å²) in [6.07, 6.45) is 1.99. The van der Waals surface area contributed by atoms with Crippen molar-refractivity contribution in [1.82, 2.24) is 9.39 Å². The van der Waals surface area contributed by atoms with E-state index in [-0.39, 0.29) is 0 Å². The maximum absolute atomic E-state index is 10.5. The van der Waals surface area contributed by atoms with Crippen LogP contribution in [-0.2, 0) is 10.0 Å². The summed E-state index contributed by atoms with van der Waals surface area (Å²) < 4.78 is 25.4. The molecule has 0 saturated carbocycles. The molecular weight excluding hydrogens is 183 g/mol. The molecule has 0 radical (unpaired) electrons. The van der Waals surface area contributed by atoms with E-state index in [1.807, 2.05) is 11.7 Å². The minimum Gasteiger partial charge on any atom is -0.290 e. The van der Waals surface area contributed by atoms with Gasteiger partial charge in [0.05, 0.1) is 6.26 Å². The fourth-order valence-electron chi connectivity index (χ4n) is 0.586. The third-order valence-corrected chi connectivity index (χ3v) is 2.04. The average Bonchev–Trinajstić information content (AvgIpc) is 1.78. The number of nitrogens with zero attached hydrogens (tertiary/aromatic N) is 1. The molecule has 0 amide bonds. The molecule has 1 atom stereocenters. The van der Waals surface area contributed by atoms with Gasteiger partial charge in [0.1, 0.15) is 0 Å². The lowest BCUT2D eigenvalue weighted by Crippen LogP contribution is -2.24. The molecule has 6 heteroatoms. The topological polar surface area (TPSA) is 49.4 Å². The fraction of sp³-hybridized carbons (Fsp3) is 1.00. The maximum Gasteiger partial charge on any atom is 0.208 e. The molecule has 0 rings (SSSR count). The largest absolute Gasteiger partial charge is 0.290 e. The highest BCUT2D eigenvalue weighted by Crippen LogP contribution is 1.92. The van der Waals surface area contributed by atoms with Crippen molar-refractivity contribution in [2.24, 2.45) is 0 Å². The van der Waals surface area contributed by atoms with Gasteiger partial charge in [-0.05, 0) is 13.5 Å². The van der Waals surface area contributed by atoms with Crippen LogP contribution < -0.4 is 4.72 Å². The van der Waals surface area contributed by atoms with Gasteiger partial charge in [-0.25, -0.2) is 13.1 Å². The van der Waals surface area contributed by atoms with Crippen LogP contribution in [0.4, 0.5) is 0 Å². The summed E-state index contributed by atoms with van der Waals surface area (Å²) in [5.74, 6) is 0. The van der Waals surface area contributed by atoms with Crippen LogP contribution in [0.25, 0.3) is 0 Å². The summed E-state index contributed by atoms with van der Waals surface area (Å²) in [6.45, 7) is 1.38. The third kappa shape index (κ3) is 10.3. The Kier molecular flexibility index (Phi) is 5.17. The van der Waals surface area contributed by atoms with Crippen molar-refractivity contribution < 1.29 is 8.42 Å². The van der Waals surface area contributed by atoms with Crippen molar-refractivity contribution in [2.75, 3.05) is 26.4 Å². The molecule has 0 saturated heterocycles. The van der Waals surface area contributed by atoms with E-state index in [9.17, 15) is 8.42 Å². The van der Waals surface area contributed by atoms with Crippen molar-refractivity contribution in [3.63, 3.8) is 0 Å². The molecule has 0 bridgehead atoms. The van der Waals surface area contributed by atoms with Crippen molar-refractivity contribution in [2.45, 2.75) is 6.42 Å². The first kappa shape index (κ1) is 11.3. The van der Waals surface area contributed by atoms with Crippen LogP contribution in [-0.4, -0.2) is 39.5 Å². The van der Waals surface area contributed by atoms with Crippen molar-refractivity contribution in [1.29, 1.82) is 0 Å². The Labute approximate surface area is 70.7 Å². The molecule has 1 N–H and O–H groups in total. The molecule has 68 valence electrons. The van der Waals surface area contributed by atoms with Gasteiger partial charge in [0.2, 0.25) is 10.0 Å². The van der Waals surface area contributed by atoms with Crippen LogP contribution in [0.3, 0.4) is 0 Å². The molecule has 0 aliphatic heterocycles. The first-order chi connectivity index (χ1) is 4.92. The lowest BCUT2D eigenvalue weighted by atomic mass is 10.4. The van der Waals surface area contributed by atoms with E-state index in [4.69, 9.17) is 0 Å². The maximum atomic E-state index is 10.5. The molecule has 11 heavy (non-hydrogen) atoms. The minimum absolute atomic E-state index is 0.511. The number of hydrogen-bond acceptors (Lipinski definition) is 3. The molecular formula is C5H15N2O2PS. The quantitative estimate of drug-likeness (QED) is 0.485. The molecule has 4 nitrogen and oxygen atoms in total. The van der Waals surface area contributed by atoms with Gasteiger partial charge in [0.25, 0.3) is 0 Å². The first-order valence-corrected chi connectivity index (χ1v) is 5.73. The third-order valence-electron chi connectivity index (χ3n) is 1.05. The summed E-state index contributed by atoms with van der Waals surface area (Å²) in [4.78, 5) is 0. The van der Waals surface area contributed by atoms with Crippen LogP contribution >= 0.6 is 9.39 Å². The van der Waals surface area contributed by atoms with E-state index in [0.717, 1.165) is 19.2 Å². The number of nitrogens with one attached hydrogen (secondary N) is 1. The lowest BCUT2D eigenvalue weighted by molar-refractivity contribution is 0.532. The van der Waals surface area contributed by atoms with Gasteiger partial charge in [0.15, 0.2) is 0 Å². The Morgan fingerprint density at radius 3 is 2.45 bits per heavy atom. The van der Waals surface area contributed by atoms with Gasteiger partial charge >= 0.3 is 0 Å². The summed E-state index contributed by atoms with van der Waals surface area (Å²) in [6, 6.07) is 0. The summed E-state index contributed by atoms with van der Waals surface area (Å²) >= 11 is 0. The van der Waals surface area contributed by atoms with Crippen molar-refractivity contribution in [3.8, 4) is 0 Å². The summed E-state index contributed by atoms with van der Waals surface area (Å²) in [5.41, 5.74) is 0. The van der Waals surface area contributed by atoms with Crippen LogP contribution in [0.5, 0.6) is 0 Å². The lowest BCUT2D eigenvalue weighted by Gasteiger charge is -2.08. The van der Waals surface area contributed by atoms with Gasteiger partial charge in [-0.3, -0.25) is 4.67 Å². The molecule has 0 aromatic heterocycles. The Morgan fingerprint density at radius 1 is 1.55 bits per heavy atom. The monoisotopic (exact) mass is 198 g/mol. The molecule has 1 unspecified atom stereocenters. The van der Waals surface area contributed by atoms with Crippen molar-refractivity contribution >= 4 is 19.4 Å². The fourth-order valence-corrected chi connectivity index (χ4v) is 1.28. The molecule has 0 aliphatic rings. The molecule has 0 aromatic carbocycles. The van der Waals surface area contributed by atoms with E-state index < -0.39 is 10.0 Å². The van der Waals surface area contributed by atoms with Gasteiger partial charge < -0.3 is 0 Å². The van der Waals surface area contributed by atoms with Crippen LogP contribution in [0, 0.1) is 0 Å². The Hall–Kier alpha value is 0.300. The highest BCUT2D eigenvalue weighted by atomic mass is 32.2. The zero-order valence-corrected chi connectivity index (χ0v) is 8.84. The van der Waals surface area contributed by atoms with Crippen LogP contribution in [0.1, 0.15) is 6.42 Å². The average molecular weight is 198 g/mol. The standard InChI is InChI=1S/C5H15N2O2PS/c1-7(10)5-3-4-6-11(2,8)9/h6H,3-5,10H2,1-2H3. The van der Waals surface area contributed by atoms with Crippen molar-refractivity contribution in [3.05, 3.63) is 0 Å². The Balaban J connectivity index is 3.30. The minimum atomic E-state index is -3.00. The Bertz CT molecular complexity index is 191. The van der Waals surface area contributed by atoms with E-state index in [0.29, 0.717) is 6.54 Å². The van der Waals surface area contributed by atoms with Gasteiger partial charge in [-0.1, -0.05) is 9.39 Å². The normalized spacial score (nSPS) is 12.4. The molecule has 0 heterocycles. The zero-order valence-electron chi connectivity index (χ0n) is 6.87. The molecule has 0 aliphatic carbocycles. The highest BCUT2D eigenvalue weighted by molar-refractivity contribution is 7.88. The van der Waals surface area contributed by atoms with Gasteiger partial charge in [0, 0.05) is 13.1 Å². The zero-order chi connectivity index (χ0) is 8.91. The van der Waals surface area contributed by atoms with E-state index in [2.05, 4.69) is 14.1 Å². The van der Waals surface area contributed by atoms with Gasteiger partial charge in [-0.2, -0.15) is 0 Å². The smallest absolute Gasteiger partial charge is 0.208 e. The van der Waals surface area contributed by atoms with Gasteiger partial charge in [-0.15, -0.1) is 0 Å². The van der Waals surface area contributed by atoms with Crippen LogP contribution in [0.15, 0.2) is 0 Å². The number of hydrogen-bond donors (Lipinski definition) is 1. The molecule has 0 aromatic rings. The SMILES string of the molecule is CN(P)CCCNS(C)(=O)=O. The van der Waals surface area contributed by atoms with E-state index >= 15 is 0 Å². The second-order valence-electron chi connectivity index (χ2n) is 2.50. The highest BCUT2D eigenvalue weighted by Gasteiger charge is 1.98. The predicted molar refractivity (Wildman–Crippen MR) is 49.8 cm³/mol. The number of sulfonamides is 1. The van der Waals surface area contributed by atoms with E-state index in [1.165, 1.54) is 0 Å². The summed E-state index contributed by atoms with van der Waals surface area (Å²) in [7, 11) is 1.44. The van der Waals surface area contributed by atoms with Crippen LogP contribution in [0.2, 0.25) is 0 Å². The number of rotatable bonds is 5. The second-order valence-corrected chi connectivity index (χ2v) is 5.22. The first-order valence-electron chi connectivity index (χ1n) is 3.32. The Morgan fingerprint density at radius 2 is 2.09 bits per heavy atom. The predicted octanol–water partition coefficient (Wildman–Crippen LogP) is -0.352. The molecule has 0 spiro atoms. The second kappa shape index (κ2) is 5.04. The van der Waals surface area contributed by atoms with E-state index in [1.54, 1.807) is 0 Å². The molecule has 0 fully saturated rings.